The fourth-order valence-corrected chi connectivity index (χ4v) is 2.83. The highest BCUT2D eigenvalue weighted by atomic mass is 32.2. The van der Waals surface area contributed by atoms with Gasteiger partial charge in [-0.15, -0.1) is 0 Å². The fraction of sp³-hybridized carbons (Fsp3) is 0.200. The van der Waals surface area contributed by atoms with Gasteiger partial charge in [0.1, 0.15) is 5.75 Å². The zero-order valence-corrected chi connectivity index (χ0v) is 12.2. The van der Waals surface area contributed by atoms with Crippen molar-refractivity contribution in [2.75, 3.05) is 5.75 Å². The van der Waals surface area contributed by atoms with Crippen molar-refractivity contribution in [3.63, 3.8) is 0 Å². The van der Waals surface area contributed by atoms with E-state index in [4.69, 9.17) is 4.78 Å². The molecule has 0 aliphatic heterocycles. The summed E-state index contributed by atoms with van der Waals surface area (Å²) in [5.74, 6) is 0.319. The number of para-hydroxylation sites is 1. The summed E-state index contributed by atoms with van der Waals surface area (Å²) in [5, 5.41) is 0. The zero-order valence-electron chi connectivity index (χ0n) is 11.4. The van der Waals surface area contributed by atoms with E-state index in [0.29, 0.717) is 16.0 Å². The molecule has 2 aromatic carbocycles. The third kappa shape index (κ3) is 3.58. The first-order valence-electron chi connectivity index (χ1n) is 6.35. The summed E-state index contributed by atoms with van der Waals surface area (Å²) in [5.41, 5.74) is 1.19. The van der Waals surface area contributed by atoms with Gasteiger partial charge in [0.2, 0.25) is 0 Å². The molecule has 0 radical (unpaired) electrons. The fourth-order valence-electron chi connectivity index (χ4n) is 1.92. The van der Waals surface area contributed by atoms with Crippen molar-refractivity contribution in [3.8, 4) is 16.9 Å². The van der Waals surface area contributed by atoms with E-state index in [0.717, 1.165) is 0 Å². The lowest BCUT2D eigenvalue weighted by Gasteiger charge is -2.11. The highest BCUT2D eigenvalue weighted by molar-refractivity contribution is 7.92. The van der Waals surface area contributed by atoms with Gasteiger partial charge in [0, 0.05) is 16.2 Å². The van der Waals surface area contributed by atoms with Crippen LogP contribution >= 0.6 is 0 Å². The number of ether oxygens (including phenoxy) is 1. The van der Waals surface area contributed by atoms with E-state index in [2.05, 4.69) is 4.74 Å². The molecule has 2 rings (SSSR count). The minimum absolute atomic E-state index is 0.0855. The number of hydrogen-bond acceptors (Lipinski definition) is 3. The maximum absolute atomic E-state index is 12.4. The molecule has 0 saturated carbocycles. The van der Waals surface area contributed by atoms with E-state index in [1.807, 2.05) is 0 Å². The van der Waals surface area contributed by atoms with Crippen molar-refractivity contribution >= 4 is 9.73 Å². The molecule has 1 unspecified atom stereocenters. The largest absolute Gasteiger partial charge is 0.434 e. The van der Waals surface area contributed by atoms with Crippen molar-refractivity contribution in [2.24, 2.45) is 0 Å². The number of alkyl halides is 2. The van der Waals surface area contributed by atoms with Crippen LogP contribution in [0.1, 0.15) is 6.92 Å². The summed E-state index contributed by atoms with van der Waals surface area (Å²) in [6, 6.07) is 13.0. The maximum Gasteiger partial charge on any atom is 0.387 e. The molecular formula is C15H15F2NO2S. The average molecular weight is 311 g/mol. The lowest BCUT2D eigenvalue weighted by molar-refractivity contribution is -0.0494. The topological polar surface area (TPSA) is 50.2 Å². The van der Waals surface area contributed by atoms with Crippen molar-refractivity contribution in [2.45, 2.75) is 18.4 Å². The van der Waals surface area contributed by atoms with Crippen molar-refractivity contribution in [3.05, 3.63) is 48.5 Å². The predicted molar refractivity (Wildman–Crippen MR) is 78.2 cm³/mol. The molecule has 0 fully saturated rings. The summed E-state index contributed by atoms with van der Waals surface area (Å²) in [4.78, 5) is 0.431. The van der Waals surface area contributed by atoms with Crippen LogP contribution in [0.3, 0.4) is 0 Å². The Balaban J connectivity index is 2.40. The summed E-state index contributed by atoms with van der Waals surface area (Å²) < 4.78 is 49.0. The SMILES string of the molecule is CCS(=N)(=O)c1ccc(-c2ccccc2OC(F)F)cc1. The van der Waals surface area contributed by atoms with Crippen molar-refractivity contribution in [1.29, 1.82) is 4.78 Å². The minimum Gasteiger partial charge on any atom is -0.434 e. The maximum atomic E-state index is 12.4. The van der Waals surface area contributed by atoms with Crippen LogP contribution in [0.25, 0.3) is 11.1 Å². The summed E-state index contributed by atoms with van der Waals surface area (Å²) in [7, 11) is -2.78. The third-order valence-corrected chi connectivity index (χ3v) is 4.90. The van der Waals surface area contributed by atoms with E-state index in [-0.39, 0.29) is 11.5 Å². The Kier molecular flexibility index (Phi) is 4.57. The average Bonchev–Trinajstić information content (AvgIpc) is 2.47. The van der Waals surface area contributed by atoms with Crippen LogP contribution in [0.4, 0.5) is 8.78 Å². The Bertz CT molecular complexity index is 713. The van der Waals surface area contributed by atoms with Crippen molar-refractivity contribution in [1.82, 2.24) is 0 Å². The van der Waals surface area contributed by atoms with Gasteiger partial charge in [-0.1, -0.05) is 37.3 Å². The van der Waals surface area contributed by atoms with E-state index in [1.165, 1.54) is 6.07 Å². The minimum atomic E-state index is -2.89. The van der Waals surface area contributed by atoms with Gasteiger partial charge in [0.15, 0.2) is 0 Å². The summed E-state index contributed by atoms with van der Waals surface area (Å²) in [6.07, 6.45) is 0. The Morgan fingerprint density at radius 3 is 2.33 bits per heavy atom. The highest BCUT2D eigenvalue weighted by Gasteiger charge is 2.12. The predicted octanol–water partition coefficient (Wildman–Crippen LogP) is 4.38. The van der Waals surface area contributed by atoms with Crippen LogP contribution in [0.15, 0.2) is 53.4 Å². The van der Waals surface area contributed by atoms with Gasteiger partial charge in [-0.25, -0.2) is 8.99 Å². The van der Waals surface area contributed by atoms with E-state index in [1.54, 1.807) is 49.4 Å². The van der Waals surface area contributed by atoms with Gasteiger partial charge in [-0.2, -0.15) is 8.78 Å². The molecule has 1 atom stereocenters. The van der Waals surface area contributed by atoms with E-state index < -0.39 is 16.3 Å². The first kappa shape index (κ1) is 15.4. The second-order valence-electron chi connectivity index (χ2n) is 4.36. The van der Waals surface area contributed by atoms with Gasteiger partial charge in [-0.05, 0) is 23.8 Å². The highest BCUT2D eigenvalue weighted by Crippen LogP contribution is 2.31. The van der Waals surface area contributed by atoms with Gasteiger partial charge >= 0.3 is 6.61 Å². The molecule has 0 aliphatic rings. The number of rotatable bonds is 5. The molecule has 0 aliphatic carbocycles. The standard InChI is InChI=1S/C15H15F2NO2S/c1-2-21(18,19)12-9-7-11(8-10-12)13-5-3-4-6-14(13)20-15(16)17/h3-10,15,18H,2H2,1H3. The van der Waals surface area contributed by atoms with Gasteiger partial charge in [0.05, 0.1) is 9.73 Å². The monoisotopic (exact) mass is 311 g/mol. The lowest BCUT2D eigenvalue weighted by Crippen LogP contribution is -2.03. The second kappa shape index (κ2) is 6.22. The Hall–Kier alpha value is -1.95. The van der Waals surface area contributed by atoms with Crippen LogP contribution in [0, 0.1) is 4.78 Å². The molecule has 0 saturated heterocycles. The molecule has 1 N–H and O–H groups in total. The molecule has 0 heterocycles. The number of benzene rings is 2. The first-order chi connectivity index (χ1) is 9.94. The van der Waals surface area contributed by atoms with Crippen molar-refractivity contribution < 1.29 is 17.7 Å². The Morgan fingerprint density at radius 1 is 1.14 bits per heavy atom. The molecular weight excluding hydrogens is 296 g/mol. The first-order valence-corrected chi connectivity index (χ1v) is 8.07. The van der Waals surface area contributed by atoms with Crippen LogP contribution in [-0.4, -0.2) is 16.6 Å². The molecule has 0 spiro atoms. The number of halogens is 2. The van der Waals surface area contributed by atoms with Crippen LogP contribution in [-0.2, 0) is 9.73 Å². The molecule has 2 aromatic rings. The smallest absolute Gasteiger partial charge is 0.387 e. The molecule has 6 heteroatoms. The summed E-state index contributed by atoms with van der Waals surface area (Å²) >= 11 is 0. The van der Waals surface area contributed by atoms with Gasteiger partial charge < -0.3 is 4.74 Å². The van der Waals surface area contributed by atoms with E-state index in [9.17, 15) is 13.0 Å². The van der Waals surface area contributed by atoms with Crippen LogP contribution in [0.2, 0.25) is 0 Å². The second-order valence-corrected chi connectivity index (χ2v) is 6.76. The van der Waals surface area contributed by atoms with E-state index >= 15 is 0 Å². The Morgan fingerprint density at radius 2 is 1.76 bits per heavy atom. The number of hydrogen-bond donors (Lipinski definition) is 1. The third-order valence-electron chi connectivity index (χ3n) is 3.06. The quantitative estimate of drug-likeness (QED) is 0.891. The lowest BCUT2D eigenvalue weighted by atomic mass is 10.1. The molecule has 0 amide bonds. The molecule has 0 aromatic heterocycles. The van der Waals surface area contributed by atoms with Gasteiger partial charge in [0.25, 0.3) is 0 Å². The Labute approximate surface area is 122 Å². The number of nitrogens with one attached hydrogen (secondary N) is 1. The molecule has 0 bridgehead atoms. The zero-order chi connectivity index (χ0) is 15.5. The van der Waals surface area contributed by atoms with Crippen LogP contribution in [0.5, 0.6) is 5.75 Å². The molecule has 21 heavy (non-hydrogen) atoms. The molecule has 112 valence electrons. The summed E-state index contributed by atoms with van der Waals surface area (Å²) in [6.45, 7) is -1.20. The molecule has 3 nitrogen and oxygen atoms in total. The van der Waals surface area contributed by atoms with Crippen LogP contribution < -0.4 is 4.74 Å². The normalized spacial score (nSPS) is 13.9. The van der Waals surface area contributed by atoms with Gasteiger partial charge in [-0.3, -0.25) is 0 Å².